The maximum Gasteiger partial charge on any atom is 0.264 e. The molecule has 0 bridgehead atoms. The Morgan fingerprint density at radius 3 is 2.96 bits per heavy atom. The molecule has 0 unspecified atom stereocenters. The number of thiazole rings is 1. The fourth-order valence-electron chi connectivity index (χ4n) is 2.04. The molecule has 0 saturated carbocycles. The summed E-state index contributed by atoms with van der Waals surface area (Å²) < 4.78 is 33.6. The van der Waals surface area contributed by atoms with Gasteiger partial charge in [-0.05, 0) is 24.4 Å². The molecule has 11 heteroatoms. The average Bonchev–Trinajstić information content (AvgIpc) is 3.16. The number of carbonyl (C=O) groups excluding carboxylic acids is 1. The number of carbonyl (C=O) groups is 1. The van der Waals surface area contributed by atoms with Gasteiger partial charge in [0, 0.05) is 18.5 Å². The van der Waals surface area contributed by atoms with Crippen LogP contribution in [0.5, 0.6) is 5.75 Å². The van der Waals surface area contributed by atoms with Crippen LogP contribution in [0.15, 0.2) is 23.6 Å². The van der Waals surface area contributed by atoms with Crippen molar-refractivity contribution in [2.24, 2.45) is 7.05 Å². The number of nitrogens with one attached hydrogen (secondary N) is 2. The molecule has 0 saturated heterocycles. The van der Waals surface area contributed by atoms with E-state index in [1.54, 1.807) is 17.0 Å². The molecule has 3 aromatic rings. The third kappa shape index (κ3) is 4.29. The van der Waals surface area contributed by atoms with Gasteiger partial charge in [0.25, 0.3) is 5.91 Å². The Labute approximate surface area is 155 Å². The van der Waals surface area contributed by atoms with E-state index in [2.05, 4.69) is 20.5 Å². The summed E-state index contributed by atoms with van der Waals surface area (Å²) in [6.45, 7) is -0.425. The Hall–Kier alpha value is -2.66. The van der Waals surface area contributed by atoms with Crippen molar-refractivity contribution in [2.75, 3.05) is 11.9 Å². The van der Waals surface area contributed by atoms with E-state index in [4.69, 9.17) is 17.0 Å². The molecule has 2 aromatic heterocycles. The van der Waals surface area contributed by atoms with Crippen molar-refractivity contribution in [1.82, 2.24) is 19.7 Å². The van der Waals surface area contributed by atoms with E-state index in [9.17, 15) is 13.6 Å². The summed E-state index contributed by atoms with van der Waals surface area (Å²) in [5, 5.41) is 11.5. The minimum absolute atomic E-state index is 0.202. The lowest BCUT2D eigenvalue weighted by Gasteiger charge is -2.06. The van der Waals surface area contributed by atoms with Crippen molar-refractivity contribution < 1.29 is 18.3 Å². The molecule has 1 aromatic carbocycles. The summed E-state index contributed by atoms with van der Waals surface area (Å²) in [5.74, 6) is -1.58. The number of rotatable bonds is 6. The molecule has 1 amide bonds. The second-order valence-corrected chi connectivity index (χ2v) is 6.48. The first kappa shape index (κ1) is 18.1. The fraction of sp³-hybridized carbons (Fsp3) is 0.200. The normalized spacial score (nSPS) is 10.7. The van der Waals surface area contributed by atoms with Gasteiger partial charge in [0.2, 0.25) is 0 Å². The van der Waals surface area contributed by atoms with Crippen LogP contribution in [0.25, 0.3) is 0 Å². The first-order valence-electron chi connectivity index (χ1n) is 7.35. The highest BCUT2D eigenvalue weighted by Crippen LogP contribution is 2.19. The van der Waals surface area contributed by atoms with E-state index in [0.29, 0.717) is 33.9 Å². The van der Waals surface area contributed by atoms with Gasteiger partial charge < -0.3 is 9.30 Å². The SMILES string of the molecule is Cn1c(Cc2csc(NC(=O)COc3ccc(F)cc3F)n2)n[nH]c1=S. The van der Waals surface area contributed by atoms with E-state index in [1.165, 1.54) is 11.3 Å². The summed E-state index contributed by atoms with van der Waals surface area (Å²) in [6, 6.07) is 2.85. The zero-order chi connectivity index (χ0) is 18.7. The molecule has 0 aliphatic heterocycles. The van der Waals surface area contributed by atoms with Crippen LogP contribution in [0.4, 0.5) is 13.9 Å². The zero-order valence-electron chi connectivity index (χ0n) is 13.5. The Kier molecular flexibility index (Phi) is 5.38. The predicted octanol–water partition coefficient (Wildman–Crippen LogP) is 2.82. The molecule has 2 heterocycles. The Morgan fingerprint density at radius 1 is 1.46 bits per heavy atom. The van der Waals surface area contributed by atoms with Crippen molar-refractivity contribution >= 4 is 34.6 Å². The molecular formula is C15H13F2N5O2S2. The van der Waals surface area contributed by atoms with Crippen molar-refractivity contribution in [3.8, 4) is 5.75 Å². The highest BCUT2D eigenvalue weighted by atomic mass is 32.1. The van der Waals surface area contributed by atoms with E-state index in [0.717, 1.165) is 12.1 Å². The van der Waals surface area contributed by atoms with Gasteiger partial charge in [0.05, 0.1) is 12.1 Å². The standard InChI is InChI=1S/C15H13F2N5O2S2/c1-22-12(20-21-15(22)25)5-9-7-26-14(18-9)19-13(23)6-24-11-3-2-8(16)4-10(11)17/h2-4,7H,5-6H2,1H3,(H,21,25)(H,18,19,23). The van der Waals surface area contributed by atoms with Crippen LogP contribution in [-0.2, 0) is 18.3 Å². The van der Waals surface area contributed by atoms with Gasteiger partial charge in [-0.15, -0.1) is 11.3 Å². The Bertz CT molecular complexity index is 998. The van der Waals surface area contributed by atoms with Crippen LogP contribution >= 0.6 is 23.6 Å². The van der Waals surface area contributed by atoms with Crippen molar-refractivity contribution in [2.45, 2.75) is 6.42 Å². The molecule has 136 valence electrons. The number of halogens is 2. The lowest BCUT2D eigenvalue weighted by molar-refractivity contribution is -0.118. The first-order chi connectivity index (χ1) is 12.4. The number of H-pyrrole nitrogens is 1. The molecule has 0 spiro atoms. The molecule has 0 atom stereocenters. The summed E-state index contributed by atoms with van der Waals surface area (Å²) in [5.41, 5.74) is 0.716. The number of aromatic amines is 1. The molecular weight excluding hydrogens is 384 g/mol. The molecule has 7 nitrogen and oxygen atoms in total. The van der Waals surface area contributed by atoms with E-state index >= 15 is 0 Å². The van der Waals surface area contributed by atoms with Gasteiger partial charge in [-0.2, -0.15) is 5.10 Å². The highest BCUT2D eigenvalue weighted by Gasteiger charge is 2.12. The molecule has 0 aliphatic carbocycles. The first-order valence-corrected chi connectivity index (χ1v) is 8.63. The number of ether oxygens (including phenoxy) is 1. The molecule has 3 rings (SSSR count). The zero-order valence-corrected chi connectivity index (χ0v) is 15.1. The van der Waals surface area contributed by atoms with Crippen molar-refractivity contribution in [3.63, 3.8) is 0 Å². The average molecular weight is 397 g/mol. The van der Waals surface area contributed by atoms with Crippen LogP contribution in [0.3, 0.4) is 0 Å². The van der Waals surface area contributed by atoms with Gasteiger partial charge in [-0.3, -0.25) is 15.2 Å². The smallest absolute Gasteiger partial charge is 0.264 e. The van der Waals surface area contributed by atoms with Gasteiger partial charge in [-0.25, -0.2) is 13.8 Å². The second kappa shape index (κ2) is 7.70. The number of benzene rings is 1. The maximum absolute atomic E-state index is 13.4. The van der Waals surface area contributed by atoms with Crippen LogP contribution in [-0.4, -0.2) is 32.3 Å². The van der Waals surface area contributed by atoms with E-state index in [1.807, 2.05) is 0 Å². The number of amides is 1. The molecule has 0 radical (unpaired) electrons. The van der Waals surface area contributed by atoms with Crippen LogP contribution < -0.4 is 10.1 Å². The van der Waals surface area contributed by atoms with Crippen LogP contribution in [0.2, 0.25) is 0 Å². The minimum Gasteiger partial charge on any atom is -0.481 e. The summed E-state index contributed by atoms with van der Waals surface area (Å²) in [7, 11) is 1.79. The number of nitrogens with zero attached hydrogens (tertiary/aromatic N) is 3. The van der Waals surface area contributed by atoms with Crippen LogP contribution in [0.1, 0.15) is 11.5 Å². The van der Waals surface area contributed by atoms with Gasteiger partial charge in [0.1, 0.15) is 11.6 Å². The predicted molar refractivity (Wildman–Crippen MR) is 93.8 cm³/mol. The lowest BCUT2D eigenvalue weighted by Crippen LogP contribution is -2.20. The molecule has 0 fully saturated rings. The minimum atomic E-state index is -0.873. The Balaban J connectivity index is 1.55. The molecule has 0 aliphatic rings. The van der Waals surface area contributed by atoms with Gasteiger partial charge in [-0.1, -0.05) is 0 Å². The Morgan fingerprint density at radius 2 is 2.27 bits per heavy atom. The molecule has 26 heavy (non-hydrogen) atoms. The highest BCUT2D eigenvalue weighted by molar-refractivity contribution is 7.71. The quantitative estimate of drug-likeness (QED) is 0.625. The summed E-state index contributed by atoms with van der Waals surface area (Å²) in [4.78, 5) is 16.2. The van der Waals surface area contributed by atoms with Crippen molar-refractivity contribution in [3.05, 3.63) is 51.5 Å². The second-order valence-electron chi connectivity index (χ2n) is 5.24. The summed E-state index contributed by atoms with van der Waals surface area (Å²) >= 11 is 6.29. The third-order valence-electron chi connectivity index (χ3n) is 3.36. The third-order valence-corrected chi connectivity index (χ3v) is 4.53. The number of aromatic nitrogens is 4. The number of hydrogen-bond donors (Lipinski definition) is 2. The monoisotopic (exact) mass is 397 g/mol. The van der Waals surface area contributed by atoms with Gasteiger partial charge in [0.15, 0.2) is 28.1 Å². The van der Waals surface area contributed by atoms with Crippen LogP contribution in [0, 0.1) is 16.4 Å². The maximum atomic E-state index is 13.4. The topological polar surface area (TPSA) is 84.8 Å². The van der Waals surface area contributed by atoms with Gasteiger partial charge >= 0.3 is 0 Å². The lowest BCUT2D eigenvalue weighted by atomic mass is 10.3. The van der Waals surface area contributed by atoms with E-state index in [-0.39, 0.29) is 5.75 Å². The fourth-order valence-corrected chi connectivity index (χ4v) is 2.91. The number of hydrogen-bond acceptors (Lipinski definition) is 6. The largest absolute Gasteiger partial charge is 0.481 e. The van der Waals surface area contributed by atoms with E-state index < -0.39 is 24.1 Å². The molecule has 2 N–H and O–H groups in total. The number of anilines is 1. The van der Waals surface area contributed by atoms with Crippen molar-refractivity contribution in [1.29, 1.82) is 0 Å². The summed E-state index contributed by atoms with van der Waals surface area (Å²) in [6.07, 6.45) is 0.452.